The summed E-state index contributed by atoms with van der Waals surface area (Å²) in [6.07, 6.45) is 0. The minimum atomic E-state index is -0.216. The van der Waals surface area contributed by atoms with Gasteiger partial charge in [-0.2, -0.15) is 0 Å². The van der Waals surface area contributed by atoms with E-state index in [1.165, 1.54) is 0 Å². The Morgan fingerprint density at radius 2 is 2.20 bits per heavy atom. The smallest absolute Gasteiger partial charge is 0.284 e. The van der Waals surface area contributed by atoms with Crippen molar-refractivity contribution in [3.63, 3.8) is 0 Å². The third-order valence-electron chi connectivity index (χ3n) is 2.79. The first-order valence-corrected chi connectivity index (χ1v) is 6.96. The van der Waals surface area contributed by atoms with Crippen LogP contribution in [-0.2, 0) is 6.54 Å². The molecule has 0 spiro atoms. The largest absolute Gasteiger partial charge is 0.454 e. The Morgan fingerprint density at radius 1 is 1.40 bits per heavy atom. The molecule has 2 aromatic rings. The summed E-state index contributed by atoms with van der Waals surface area (Å²) in [5.41, 5.74) is 0.945. The lowest BCUT2D eigenvalue weighted by molar-refractivity contribution is 0.0783. The van der Waals surface area contributed by atoms with Crippen molar-refractivity contribution in [2.24, 2.45) is 0 Å². The van der Waals surface area contributed by atoms with E-state index < -0.39 is 0 Å². The molecule has 1 aliphatic heterocycles. The van der Waals surface area contributed by atoms with E-state index in [0.717, 1.165) is 22.6 Å². The van der Waals surface area contributed by atoms with Gasteiger partial charge in [0.15, 0.2) is 11.5 Å². The van der Waals surface area contributed by atoms with Crippen molar-refractivity contribution in [1.82, 2.24) is 15.1 Å². The maximum Gasteiger partial charge on any atom is 0.284 e. The van der Waals surface area contributed by atoms with Crippen LogP contribution in [0.5, 0.6) is 11.5 Å². The third-order valence-corrected chi connectivity index (χ3v) is 3.79. The van der Waals surface area contributed by atoms with Crippen molar-refractivity contribution in [2.45, 2.75) is 6.54 Å². The van der Waals surface area contributed by atoms with Crippen LogP contribution in [-0.4, -0.2) is 34.8 Å². The lowest BCUT2D eigenvalue weighted by Crippen LogP contribution is -2.26. The van der Waals surface area contributed by atoms with Gasteiger partial charge in [-0.1, -0.05) is 17.4 Å². The molecule has 0 radical (unpaired) electrons. The van der Waals surface area contributed by atoms with E-state index in [-0.39, 0.29) is 22.2 Å². The molecule has 1 aromatic carbocycles. The van der Waals surface area contributed by atoms with Crippen LogP contribution in [0.15, 0.2) is 18.2 Å². The molecule has 20 heavy (non-hydrogen) atoms. The van der Waals surface area contributed by atoms with Gasteiger partial charge < -0.3 is 14.4 Å². The van der Waals surface area contributed by atoms with Crippen molar-refractivity contribution < 1.29 is 14.3 Å². The molecule has 1 aliphatic rings. The summed E-state index contributed by atoms with van der Waals surface area (Å²) in [5.74, 6) is 1.20. The molecule has 0 aliphatic carbocycles. The van der Waals surface area contributed by atoms with Gasteiger partial charge in [0.2, 0.25) is 16.3 Å². The highest BCUT2D eigenvalue weighted by Gasteiger charge is 2.18. The summed E-state index contributed by atoms with van der Waals surface area (Å²) >= 11 is 6.74. The molecule has 2 heterocycles. The summed E-state index contributed by atoms with van der Waals surface area (Å²) in [6, 6.07) is 5.58. The molecule has 0 saturated heterocycles. The number of rotatable bonds is 3. The number of halogens is 1. The molecule has 0 bridgehead atoms. The molecule has 3 rings (SSSR count). The minimum absolute atomic E-state index is 0.216. The van der Waals surface area contributed by atoms with E-state index in [1.54, 1.807) is 11.9 Å². The van der Waals surface area contributed by atoms with Crippen molar-refractivity contribution in [2.75, 3.05) is 13.8 Å². The first-order valence-electron chi connectivity index (χ1n) is 5.76. The number of ether oxygens (including phenoxy) is 2. The molecule has 0 fully saturated rings. The van der Waals surface area contributed by atoms with Crippen molar-refractivity contribution in [3.8, 4) is 11.5 Å². The molecule has 0 atom stereocenters. The number of amides is 1. The predicted molar refractivity (Wildman–Crippen MR) is 73.3 cm³/mol. The van der Waals surface area contributed by atoms with E-state index in [2.05, 4.69) is 10.2 Å². The zero-order chi connectivity index (χ0) is 14.1. The molecule has 104 valence electrons. The fourth-order valence-electron chi connectivity index (χ4n) is 1.84. The van der Waals surface area contributed by atoms with Gasteiger partial charge >= 0.3 is 0 Å². The van der Waals surface area contributed by atoms with Crippen LogP contribution in [0.25, 0.3) is 0 Å². The van der Waals surface area contributed by atoms with E-state index in [9.17, 15) is 4.79 Å². The molecule has 0 saturated carbocycles. The number of benzene rings is 1. The highest BCUT2D eigenvalue weighted by molar-refractivity contribution is 7.17. The first kappa shape index (κ1) is 13.1. The van der Waals surface area contributed by atoms with Gasteiger partial charge in [-0.15, -0.1) is 10.2 Å². The van der Waals surface area contributed by atoms with Crippen molar-refractivity contribution >= 4 is 28.8 Å². The Bertz CT molecular complexity index is 661. The number of carbonyl (C=O) groups is 1. The molecule has 6 nitrogen and oxygen atoms in total. The fraction of sp³-hybridized carbons (Fsp3) is 0.250. The summed E-state index contributed by atoms with van der Waals surface area (Å²) in [4.78, 5) is 13.7. The lowest BCUT2D eigenvalue weighted by atomic mass is 10.2. The maximum absolute atomic E-state index is 12.1. The van der Waals surface area contributed by atoms with Gasteiger partial charge in [0.1, 0.15) is 0 Å². The maximum atomic E-state index is 12.1. The number of fused-ring (bicyclic) bond motifs is 1. The summed E-state index contributed by atoms with van der Waals surface area (Å²) in [6.45, 7) is 0.670. The molecule has 1 aromatic heterocycles. The minimum Gasteiger partial charge on any atom is -0.454 e. The van der Waals surface area contributed by atoms with Crippen LogP contribution in [0, 0.1) is 0 Å². The summed E-state index contributed by atoms with van der Waals surface area (Å²) in [5, 5.41) is 7.64. The second-order valence-electron chi connectivity index (χ2n) is 4.21. The summed E-state index contributed by atoms with van der Waals surface area (Å²) < 4.78 is 10.8. The monoisotopic (exact) mass is 311 g/mol. The van der Waals surface area contributed by atoms with Crippen molar-refractivity contribution in [1.29, 1.82) is 0 Å². The van der Waals surface area contributed by atoms with Gasteiger partial charge in [-0.3, -0.25) is 4.79 Å². The number of aromatic nitrogens is 2. The Morgan fingerprint density at radius 3 is 2.95 bits per heavy atom. The van der Waals surface area contributed by atoms with Crippen LogP contribution in [0.3, 0.4) is 0 Å². The second kappa shape index (κ2) is 5.26. The molecule has 0 unspecified atom stereocenters. The molecule has 1 amide bonds. The topological polar surface area (TPSA) is 64.6 Å². The molecule has 8 heteroatoms. The Kier molecular flexibility index (Phi) is 3.45. The Labute approximate surface area is 123 Å². The van der Waals surface area contributed by atoms with Gasteiger partial charge in [-0.25, -0.2) is 0 Å². The van der Waals surface area contributed by atoms with Crippen LogP contribution >= 0.6 is 22.9 Å². The van der Waals surface area contributed by atoms with E-state index in [0.29, 0.717) is 12.3 Å². The van der Waals surface area contributed by atoms with Crippen LogP contribution in [0.1, 0.15) is 15.4 Å². The predicted octanol–water partition coefficient (Wildman–Crippen LogP) is 2.19. The number of carbonyl (C=O) groups excluding carboxylic acids is 1. The lowest BCUT2D eigenvalue weighted by Gasteiger charge is -2.15. The molecule has 0 N–H and O–H groups in total. The highest BCUT2D eigenvalue weighted by atomic mass is 35.5. The zero-order valence-corrected chi connectivity index (χ0v) is 12.1. The number of hydrogen-bond acceptors (Lipinski definition) is 6. The highest BCUT2D eigenvalue weighted by Crippen LogP contribution is 2.32. The van der Waals surface area contributed by atoms with Crippen LogP contribution in [0.2, 0.25) is 4.47 Å². The molecular weight excluding hydrogens is 302 g/mol. The SMILES string of the molecule is CN(Cc1ccc2c(c1)OCO2)C(=O)c1nnc(Cl)s1. The van der Waals surface area contributed by atoms with Gasteiger partial charge in [0.05, 0.1) is 0 Å². The second-order valence-corrected chi connectivity index (χ2v) is 5.77. The number of nitrogens with zero attached hydrogens (tertiary/aromatic N) is 3. The fourth-order valence-corrected chi connectivity index (χ4v) is 2.66. The normalized spacial score (nSPS) is 12.5. The zero-order valence-electron chi connectivity index (χ0n) is 10.5. The molecular formula is C12H10ClN3O3S. The van der Waals surface area contributed by atoms with E-state index >= 15 is 0 Å². The van der Waals surface area contributed by atoms with Crippen molar-refractivity contribution in [3.05, 3.63) is 33.2 Å². The van der Waals surface area contributed by atoms with Gasteiger partial charge in [0.25, 0.3) is 5.91 Å². The average molecular weight is 312 g/mol. The van der Waals surface area contributed by atoms with Gasteiger partial charge in [0, 0.05) is 13.6 Å². The van der Waals surface area contributed by atoms with E-state index in [4.69, 9.17) is 21.1 Å². The first-order chi connectivity index (χ1) is 9.63. The summed E-state index contributed by atoms with van der Waals surface area (Å²) in [7, 11) is 1.70. The average Bonchev–Trinajstić information content (AvgIpc) is 3.05. The quantitative estimate of drug-likeness (QED) is 0.869. The van der Waals surface area contributed by atoms with Gasteiger partial charge in [-0.05, 0) is 29.3 Å². The standard InChI is InChI=1S/C12H10ClN3O3S/c1-16(11(17)10-14-15-12(13)20-10)5-7-2-3-8-9(4-7)19-6-18-8/h2-4H,5-6H2,1H3. The third kappa shape index (κ3) is 2.54. The van der Waals surface area contributed by atoms with Crippen LogP contribution in [0.4, 0.5) is 0 Å². The Hall–Kier alpha value is -1.86. The van der Waals surface area contributed by atoms with Crippen LogP contribution < -0.4 is 9.47 Å². The Balaban J connectivity index is 1.72. The van der Waals surface area contributed by atoms with E-state index in [1.807, 2.05) is 18.2 Å². The number of hydrogen-bond donors (Lipinski definition) is 0.